The van der Waals surface area contributed by atoms with Gasteiger partial charge in [-0.2, -0.15) is 0 Å². The van der Waals surface area contributed by atoms with E-state index in [0.29, 0.717) is 48.7 Å². The van der Waals surface area contributed by atoms with Crippen LogP contribution in [0.1, 0.15) is 35.6 Å². The standard InChI is InChI=1S/C38H41N9O4S/c1-43-22-32(41-24-43)47-15-11-30-34(47)42-25-46(37(30)49)23-38(50)12-16-45(17-13-38)36(48)29-10-14-44(21-31(29)26-6-4-3-5-7-26)20-28-19-40-35(52-28)27-8-9-33(51-2)39-18-27/h3-9,11,15,18-19,22,24-25,29,31,50H,10,12-14,16-17,20-21,23H2,1-2H3/t29-,31+/m1/s1. The van der Waals surface area contributed by atoms with Crippen LogP contribution in [0, 0.1) is 5.92 Å². The third-order valence-corrected chi connectivity index (χ3v) is 11.5. The second-order valence-corrected chi connectivity index (χ2v) is 15.0. The lowest BCUT2D eigenvalue weighted by Crippen LogP contribution is -2.53. The van der Waals surface area contributed by atoms with Crippen LogP contribution in [0.4, 0.5) is 0 Å². The topological polar surface area (TPSA) is 136 Å². The van der Waals surface area contributed by atoms with E-state index in [1.165, 1.54) is 10.9 Å². The third kappa shape index (κ3) is 6.76. The first kappa shape index (κ1) is 33.9. The predicted octanol–water partition coefficient (Wildman–Crippen LogP) is 4.11. The number of aryl methyl sites for hydroxylation is 1. The first-order chi connectivity index (χ1) is 25.3. The largest absolute Gasteiger partial charge is 0.481 e. The summed E-state index contributed by atoms with van der Waals surface area (Å²) in [4.78, 5) is 51.1. The average molecular weight is 720 g/mol. The molecule has 2 aliphatic heterocycles. The summed E-state index contributed by atoms with van der Waals surface area (Å²) < 4.78 is 10.3. The lowest BCUT2D eigenvalue weighted by molar-refractivity contribution is -0.142. The molecule has 8 rings (SSSR count). The molecule has 0 aliphatic carbocycles. The molecule has 2 aliphatic rings. The number of aliphatic hydroxyl groups is 1. The Bertz CT molecular complexity index is 2240. The number of amides is 1. The quantitative estimate of drug-likeness (QED) is 0.234. The molecule has 268 valence electrons. The van der Waals surface area contributed by atoms with Gasteiger partial charge in [0.15, 0.2) is 11.5 Å². The number of methoxy groups -OCH3 is 1. The molecular formula is C38H41N9O4S. The van der Waals surface area contributed by atoms with Crippen molar-refractivity contribution in [2.24, 2.45) is 13.0 Å². The summed E-state index contributed by atoms with van der Waals surface area (Å²) in [6.45, 7) is 3.30. The van der Waals surface area contributed by atoms with E-state index in [-0.39, 0.29) is 29.8 Å². The Labute approximate surface area is 304 Å². The molecule has 2 atom stereocenters. The van der Waals surface area contributed by atoms with Crippen LogP contribution >= 0.6 is 11.3 Å². The molecule has 14 heteroatoms. The highest BCUT2D eigenvalue weighted by Gasteiger charge is 2.41. The molecule has 6 aromatic rings. The Hall–Kier alpha value is -5.18. The maximum atomic E-state index is 14.2. The molecular weight excluding hydrogens is 679 g/mol. The number of piperidine rings is 2. The molecule has 1 aromatic carbocycles. The van der Waals surface area contributed by atoms with Crippen molar-refractivity contribution in [3.8, 4) is 22.3 Å². The minimum absolute atomic E-state index is 0.0382. The Morgan fingerprint density at radius 3 is 2.56 bits per heavy atom. The van der Waals surface area contributed by atoms with Gasteiger partial charge in [0.1, 0.15) is 11.3 Å². The van der Waals surface area contributed by atoms with Crippen LogP contribution < -0.4 is 10.3 Å². The molecule has 7 heterocycles. The molecule has 2 saturated heterocycles. The van der Waals surface area contributed by atoms with Gasteiger partial charge < -0.3 is 19.3 Å². The number of hydrogen-bond acceptors (Lipinski definition) is 10. The first-order valence-corrected chi connectivity index (χ1v) is 18.4. The first-order valence-electron chi connectivity index (χ1n) is 17.6. The predicted molar refractivity (Wildman–Crippen MR) is 197 cm³/mol. The molecule has 0 spiro atoms. The molecule has 0 radical (unpaired) electrons. The Kier molecular flexibility index (Phi) is 9.20. The summed E-state index contributed by atoms with van der Waals surface area (Å²) in [6.07, 6.45) is 12.1. The number of benzene rings is 1. The molecule has 0 saturated carbocycles. The fourth-order valence-corrected chi connectivity index (χ4v) is 8.53. The normalized spacial score (nSPS) is 19.2. The van der Waals surface area contributed by atoms with Crippen LogP contribution in [-0.2, 0) is 24.9 Å². The van der Waals surface area contributed by atoms with Crippen molar-refractivity contribution >= 4 is 28.3 Å². The maximum Gasteiger partial charge on any atom is 0.262 e. The van der Waals surface area contributed by atoms with E-state index in [9.17, 15) is 14.7 Å². The lowest BCUT2D eigenvalue weighted by Gasteiger charge is -2.43. The van der Waals surface area contributed by atoms with Crippen molar-refractivity contribution in [1.29, 1.82) is 0 Å². The van der Waals surface area contributed by atoms with E-state index in [4.69, 9.17) is 4.74 Å². The number of aromatic nitrogens is 7. The number of thiazole rings is 1. The number of likely N-dealkylation sites (tertiary alicyclic amines) is 2. The van der Waals surface area contributed by atoms with Crippen LogP contribution in [-0.4, -0.2) is 93.3 Å². The van der Waals surface area contributed by atoms with Crippen LogP contribution in [0.2, 0.25) is 0 Å². The second kappa shape index (κ2) is 14.1. The smallest absolute Gasteiger partial charge is 0.262 e. The van der Waals surface area contributed by atoms with Crippen LogP contribution in [0.15, 0.2) is 90.8 Å². The summed E-state index contributed by atoms with van der Waals surface area (Å²) in [5, 5.41) is 13.0. The van der Waals surface area contributed by atoms with Gasteiger partial charge in [-0.25, -0.2) is 19.9 Å². The van der Waals surface area contributed by atoms with Crippen molar-refractivity contribution in [1.82, 2.24) is 43.4 Å². The average Bonchev–Trinajstić information content (AvgIpc) is 3.93. The number of rotatable bonds is 9. The summed E-state index contributed by atoms with van der Waals surface area (Å²) >= 11 is 1.66. The van der Waals surface area contributed by atoms with E-state index in [0.717, 1.165) is 47.1 Å². The lowest BCUT2D eigenvalue weighted by atomic mass is 9.79. The molecule has 13 nitrogen and oxygen atoms in total. The van der Waals surface area contributed by atoms with Gasteiger partial charge in [0.25, 0.3) is 5.56 Å². The van der Waals surface area contributed by atoms with Gasteiger partial charge in [0.2, 0.25) is 11.8 Å². The number of carbonyl (C=O) groups is 1. The van der Waals surface area contributed by atoms with Gasteiger partial charge in [-0.3, -0.25) is 23.6 Å². The van der Waals surface area contributed by atoms with Gasteiger partial charge in [-0.1, -0.05) is 30.3 Å². The molecule has 52 heavy (non-hydrogen) atoms. The zero-order chi connectivity index (χ0) is 35.8. The maximum absolute atomic E-state index is 14.2. The highest BCUT2D eigenvalue weighted by molar-refractivity contribution is 7.15. The number of fused-ring (bicyclic) bond motifs is 1. The van der Waals surface area contributed by atoms with Crippen molar-refractivity contribution in [3.63, 3.8) is 0 Å². The van der Waals surface area contributed by atoms with Crippen molar-refractivity contribution in [2.75, 3.05) is 33.3 Å². The van der Waals surface area contributed by atoms with Gasteiger partial charge in [-0.05, 0) is 43.5 Å². The SMILES string of the molecule is COc1ccc(-c2ncc(CN3CC[C@@H](C(=O)N4CCC(O)(Cn5cnc6c(ccn6-c6cn(C)cn6)c5=O)CC4)[C@H](c4ccccc4)C3)s2)cn1. The number of ether oxygens (including phenoxy) is 1. The third-order valence-electron chi connectivity index (χ3n) is 10.4. The van der Waals surface area contributed by atoms with Crippen molar-refractivity contribution in [2.45, 2.75) is 43.9 Å². The fraction of sp³-hybridized carbons (Fsp3) is 0.368. The van der Waals surface area contributed by atoms with Crippen molar-refractivity contribution in [3.05, 3.63) is 107 Å². The van der Waals surface area contributed by atoms with Gasteiger partial charge in [0.05, 0.1) is 31.0 Å². The zero-order valence-corrected chi connectivity index (χ0v) is 30.0. The number of pyridine rings is 1. The number of imidazole rings is 1. The molecule has 0 unspecified atom stereocenters. The molecule has 1 N–H and O–H groups in total. The molecule has 2 fully saturated rings. The van der Waals surface area contributed by atoms with Gasteiger partial charge >= 0.3 is 0 Å². The summed E-state index contributed by atoms with van der Waals surface area (Å²) in [5.41, 5.74) is 1.30. The van der Waals surface area contributed by atoms with Crippen LogP contribution in [0.25, 0.3) is 27.4 Å². The number of hydrogen-bond donors (Lipinski definition) is 1. The van der Waals surface area contributed by atoms with E-state index >= 15 is 0 Å². The highest BCUT2D eigenvalue weighted by Crippen LogP contribution is 2.37. The summed E-state index contributed by atoms with van der Waals surface area (Å²) in [5.74, 6) is 1.26. The van der Waals surface area contributed by atoms with Crippen molar-refractivity contribution < 1.29 is 14.6 Å². The fourth-order valence-electron chi connectivity index (χ4n) is 7.59. The van der Waals surface area contributed by atoms with E-state index in [1.807, 2.05) is 59.2 Å². The van der Waals surface area contributed by atoms with Gasteiger partial charge in [-0.15, -0.1) is 11.3 Å². The highest BCUT2D eigenvalue weighted by atomic mass is 32.1. The zero-order valence-electron chi connectivity index (χ0n) is 29.2. The Morgan fingerprint density at radius 2 is 1.83 bits per heavy atom. The minimum Gasteiger partial charge on any atom is -0.481 e. The summed E-state index contributed by atoms with van der Waals surface area (Å²) in [6, 6.07) is 15.9. The Balaban J connectivity index is 0.923. The second-order valence-electron chi connectivity index (χ2n) is 13.9. The molecule has 5 aromatic heterocycles. The molecule has 1 amide bonds. The van der Waals surface area contributed by atoms with E-state index < -0.39 is 5.60 Å². The number of nitrogens with zero attached hydrogens (tertiary/aromatic N) is 9. The van der Waals surface area contributed by atoms with E-state index in [1.54, 1.807) is 47.8 Å². The minimum atomic E-state index is -1.13. The molecule has 0 bridgehead atoms. The number of carbonyl (C=O) groups excluding carboxylic acids is 1. The van der Waals surface area contributed by atoms with E-state index in [2.05, 4.69) is 37.0 Å². The van der Waals surface area contributed by atoms with Crippen LogP contribution in [0.3, 0.4) is 0 Å². The summed E-state index contributed by atoms with van der Waals surface area (Å²) in [7, 11) is 3.49. The van der Waals surface area contributed by atoms with Crippen LogP contribution in [0.5, 0.6) is 5.88 Å². The Morgan fingerprint density at radius 1 is 1.00 bits per heavy atom. The monoisotopic (exact) mass is 719 g/mol. The van der Waals surface area contributed by atoms with Gasteiger partial charge in [0, 0.05) is 86.4 Å².